The van der Waals surface area contributed by atoms with E-state index in [4.69, 9.17) is 5.73 Å². The van der Waals surface area contributed by atoms with Gasteiger partial charge in [0.15, 0.2) is 0 Å². The fraction of sp³-hybridized carbons (Fsp3) is 0.615. The summed E-state index contributed by atoms with van der Waals surface area (Å²) in [4.78, 5) is 21.7. The maximum Gasteiger partial charge on any atom is 0.239 e. The van der Waals surface area contributed by atoms with E-state index in [0.717, 1.165) is 37.2 Å². The lowest BCUT2D eigenvalue weighted by Crippen LogP contribution is -2.36. The molecule has 106 valence electrons. The number of hydrogen-bond donors (Lipinski definition) is 2. The molecule has 0 radical (unpaired) electrons. The molecule has 1 aromatic heterocycles. The zero-order chi connectivity index (χ0) is 14.3. The monoisotopic (exact) mass is 265 g/mol. The first-order valence-corrected chi connectivity index (χ1v) is 6.67. The molecule has 0 aromatic carbocycles. The van der Waals surface area contributed by atoms with E-state index in [1.54, 1.807) is 11.1 Å². The van der Waals surface area contributed by atoms with Crippen molar-refractivity contribution in [2.75, 3.05) is 30.8 Å². The smallest absolute Gasteiger partial charge is 0.239 e. The Morgan fingerprint density at radius 1 is 1.47 bits per heavy atom. The Kier molecular flexibility index (Phi) is 6.05. The molecule has 0 atom stereocenters. The second-order valence-electron chi connectivity index (χ2n) is 4.49. The summed E-state index contributed by atoms with van der Waals surface area (Å²) < 4.78 is 0. The molecule has 0 saturated carbocycles. The number of nitrogens with zero attached hydrogens (tertiary/aromatic N) is 3. The van der Waals surface area contributed by atoms with Gasteiger partial charge in [-0.25, -0.2) is 4.98 Å². The van der Waals surface area contributed by atoms with Crippen LogP contribution >= 0.6 is 0 Å². The number of nitrogens with two attached hydrogens (primary N) is 1. The van der Waals surface area contributed by atoms with Crippen molar-refractivity contribution in [2.45, 2.75) is 33.1 Å². The lowest BCUT2D eigenvalue weighted by atomic mass is 10.2. The summed E-state index contributed by atoms with van der Waals surface area (Å²) in [6.07, 6.45) is 4.58. The number of likely N-dealkylation sites (N-methyl/N-ethyl adjacent to an activating group) is 1. The maximum atomic E-state index is 11.8. The van der Waals surface area contributed by atoms with Crippen molar-refractivity contribution < 1.29 is 4.79 Å². The topological polar surface area (TPSA) is 84.1 Å². The van der Waals surface area contributed by atoms with Crippen LogP contribution in [0, 0.1) is 0 Å². The van der Waals surface area contributed by atoms with E-state index in [0.29, 0.717) is 0 Å². The van der Waals surface area contributed by atoms with Crippen LogP contribution in [0.25, 0.3) is 0 Å². The van der Waals surface area contributed by atoms with Crippen molar-refractivity contribution in [1.82, 2.24) is 15.3 Å². The molecule has 0 spiro atoms. The van der Waals surface area contributed by atoms with Gasteiger partial charge >= 0.3 is 0 Å². The van der Waals surface area contributed by atoms with Gasteiger partial charge in [0, 0.05) is 25.4 Å². The number of unbranched alkanes of at least 4 members (excludes halogenated alkanes) is 1. The summed E-state index contributed by atoms with van der Waals surface area (Å²) in [7, 11) is 1.83. The zero-order valence-electron chi connectivity index (χ0n) is 11.9. The van der Waals surface area contributed by atoms with Crippen LogP contribution in [-0.2, 0) is 11.2 Å². The summed E-state index contributed by atoms with van der Waals surface area (Å²) in [5.41, 5.74) is 6.58. The van der Waals surface area contributed by atoms with Crippen LogP contribution in [-0.4, -0.2) is 36.0 Å². The first-order chi connectivity index (χ1) is 9.08. The quantitative estimate of drug-likeness (QED) is 0.718. The van der Waals surface area contributed by atoms with Gasteiger partial charge in [-0.1, -0.05) is 20.3 Å². The van der Waals surface area contributed by atoms with Crippen molar-refractivity contribution in [3.8, 4) is 0 Å². The van der Waals surface area contributed by atoms with Crippen molar-refractivity contribution in [3.63, 3.8) is 0 Å². The van der Waals surface area contributed by atoms with Crippen molar-refractivity contribution in [1.29, 1.82) is 0 Å². The number of amides is 1. The number of aryl methyl sites for hydroxylation is 1. The lowest BCUT2D eigenvalue weighted by Gasteiger charge is -2.20. The highest BCUT2D eigenvalue weighted by Crippen LogP contribution is 2.16. The minimum absolute atomic E-state index is 0.00446. The number of nitrogen functional groups attached to an aromatic ring is 1. The maximum absolute atomic E-state index is 11.8. The Morgan fingerprint density at radius 2 is 2.21 bits per heavy atom. The molecule has 6 heteroatoms. The molecule has 19 heavy (non-hydrogen) atoms. The van der Waals surface area contributed by atoms with E-state index in [1.807, 2.05) is 14.0 Å². The van der Waals surface area contributed by atoms with E-state index >= 15 is 0 Å². The number of aromatic nitrogens is 2. The first kappa shape index (κ1) is 15.2. The Morgan fingerprint density at radius 3 is 2.84 bits per heavy atom. The molecule has 0 aliphatic heterocycles. The van der Waals surface area contributed by atoms with E-state index in [1.165, 1.54) is 0 Å². The second-order valence-corrected chi connectivity index (χ2v) is 4.49. The third-order valence-electron chi connectivity index (χ3n) is 2.84. The van der Waals surface area contributed by atoms with Crippen LogP contribution in [0.3, 0.4) is 0 Å². The highest BCUT2D eigenvalue weighted by molar-refractivity contribution is 5.81. The van der Waals surface area contributed by atoms with Crippen molar-refractivity contribution >= 4 is 17.7 Å². The van der Waals surface area contributed by atoms with Gasteiger partial charge in [0.25, 0.3) is 0 Å². The molecule has 1 amide bonds. The van der Waals surface area contributed by atoms with Gasteiger partial charge in [0.1, 0.15) is 5.82 Å². The Bertz CT molecular complexity index is 421. The summed E-state index contributed by atoms with van der Waals surface area (Å²) in [5.74, 6) is 0.946. The molecule has 1 rings (SSSR count). The molecule has 0 fully saturated rings. The van der Waals surface area contributed by atoms with Gasteiger partial charge in [-0.05, 0) is 12.8 Å². The number of anilines is 2. The molecule has 0 aliphatic carbocycles. The number of nitrogens with one attached hydrogen (secondary N) is 1. The molecule has 1 heterocycles. The normalized spacial score (nSPS) is 10.3. The minimum atomic E-state index is -0.00446. The minimum Gasteiger partial charge on any atom is -0.368 e. The highest BCUT2D eigenvalue weighted by atomic mass is 16.2. The number of carbonyl (C=O) groups excluding carboxylic acids is 1. The standard InChI is InChI=1S/C13H23N5O/c1-4-6-7-15-11(19)9-18(3)12-10(5-2)8-16-13(14)17-12/h8H,4-7,9H2,1-3H3,(H,15,19)(H2,14,16,17). The Hall–Kier alpha value is -1.85. The molecule has 6 nitrogen and oxygen atoms in total. The third kappa shape index (κ3) is 4.73. The number of hydrogen-bond acceptors (Lipinski definition) is 5. The molecule has 0 unspecified atom stereocenters. The SMILES string of the molecule is CCCCNC(=O)CN(C)c1nc(N)ncc1CC. The Labute approximate surface area is 114 Å². The van der Waals surface area contributed by atoms with Crippen LogP contribution in [0.2, 0.25) is 0 Å². The Balaban J connectivity index is 2.64. The van der Waals surface area contributed by atoms with Gasteiger partial charge in [-0.15, -0.1) is 0 Å². The largest absolute Gasteiger partial charge is 0.368 e. The van der Waals surface area contributed by atoms with Crippen LogP contribution < -0.4 is 16.0 Å². The van der Waals surface area contributed by atoms with E-state index in [9.17, 15) is 4.79 Å². The molecule has 0 bridgehead atoms. The van der Waals surface area contributed by atoms with Crippen LogP contribution in [0.1, 0.15) is 32.3 Å². The molecular formula is C13H23N5O. The van der Waals surface area contributed by atoms with Crippen LogP contribution in [0.15, 0.2) is 6.20 Å². The number of carbonyl (C=O) groups is 1. The number of rotatable bonds is 7. The fourth-order valence-electron chi connectivity index (χ4n) is 1.74. The van der Waals surface area contributed by atoms with Gasteiger partial charge in [0.2, 0.25) is 11.9 Å². The van der Waals surface area contributed by atoms with Crippen LogP contribution in [0.4, 0.5) is 11.8 Å². The van der Waals surface area contributed by atoms with E-state index in [-0.39, 0.29) is 18.4 Å². The van der Waals surface area contributed by atoms with E-state index in [2.05, 4.69) is 22.2 Å². The molecule has 0 aliphatic rings. The summed E-state index contributed by atoms with van der Waals surface area (Å²) >= 11 is 0. The second kappa shape index (κ2) is 7.56. The molecule has 3 N–H and O–H groups in total. The average Bonchev–Trinajstić information content (AvgIpc) is 2.39. The summed E-state index contributed by atoms with van der Waals surface area (Å²) in [6.45, 7) is 5.10. The highest BCUT2D eigenvalue weighted by Gasteiger charge is 2.12. The van der Waals surface area contributed by atoms with Gasteiger partial charge < -0.3 is 16.0 Å². The van der Waals surface area contributed by atoms with Crippen molar-refractivity contribution in [3.05, 3.63) is 11.8 Å². The summed E-state index contributed by atoms with van der Waals surface area (Å²) in [5, 5.41) is 2.88. The predicted octanol–water partition coefficient (Wildman–Crippen LogP) is 0.974. The zero-order valence-corrected chi connectivity index (χ0v) is 11.9. The lowest BCUT2D eigenvalue weighted by molar-refractivity contribution is -0.119. The van der Waals surface area contributed by atoms with Gasteiger partial charge in [0.05, 0.1) is 6.54 Å². The third-order valence-corrected chi connectivity index (χ3v) is 2.84. The molecular weight excluding hydrogens is 242 g/mol. The molecule has 1 aromatic rings. The summed E-state index contributed by atoms with van der Waals surface area (Å²) in [6, 6.07) is 0. The molecule has 0 saturated heterocycles. The van der Waals surface area contributed by atoms with Gasteiger partial charge in [-0.2, -0.15) is 4.98 Å². The van der Waals surface area contributed by atoms with Gasteiger partial charge in [-0.3, -0.25) is 4.79 Å². The predicted molar refractivity (Wildman–Crippen MR) is 77.0 cm³/mol. The average molecular weight is 265 g/mol. The van der Waals surface area contributed by atoms with E-state index < -0.39 is 0 Å². The van der Waals surface area contributed by atoms with Crippen LogP contribution in [0.5, 0.6) is 0 Å². The fourth-order valence-corrected chi connectivity index (χ4v) is 1.74. The van der Waals surface area contributed by atoms with Crippen molar-refractivity contribution in [2.24, 2.45) is 0 Å². The first-order valence-electron chi connectivity index (χ1n) is 6.67.